The molecule has 2 aromatic carbocycles. The molecule has 2 aromatic heterocycles. The molecular formula is C23H22FK43N6O3. The van der Waals surface area contributed by atoms with Gasteiger partial charge < -0.3 is 16.6 Å². The molecule has 0 radical (unpaired) electrons. The van der Waals surface area contributed by atoms with Crippen molar-refractivity contribution in [2.45, 2.75) is 20.3 Å². The number of carbonyl (C=O) groups excluding carboxylic acids is 1. The van der Waals surface area contributed by atoms with Crippen LogP contribution in [-0.4, -0.2) is 1350 Å². The van der Waals surface area contributed by atoms with Gasteiger partial charge in [-0.25, -0.2) is 9.97 Å². The molecule has 0 atom stereocenters. The van der Waals surface area contributed by atoms with Crippen LogP contribution in [0.1, 0.15) is 20.3 Å². The molecule has 53 heteroatoms. The van der Waals surface area contributed by atoms with Gasteiger partial charge in [0, 0.05) is 42.2 Å². The quantitative estimate of drug-likeness (QED) is 0.113. The van der Waals surface area contributed by atoms with Crippen LogP contribution in [0.15, 0.2) is 48.8 Å². The number of nitro benzene ring substituents is 1. The molecule has 212 valence electrons. The Morgan fingerprint density at radius 2 is 0.921 bits per heavy atom. The van der Waals surface area contributed by atoms with E-state index in [4.69, 9.17) is 0 Å². The fourth-order valence-electron chi connectivity index (χ4n) is 3.56. The number of amides is 1. The van der Waals surface area contributed by atoms with E-state index >= 15 is 0 Å². The van der Waals surface area contributed by atoms with Crippen molar-refractivity contribution in [3.8, 4) is 11.3 Å². The van der Waals surface area contributed by atoms with E-state index in [9.17, 15) is 19.3 Å². The average Bonchev–Trinajstić information content (AvgIpc) is 3.89. The van der Waals surface area contributed by atoms with Gasteiger partial charge in [-0.05, 0) is 24.6 Å². The molecular weight excluding hydrogens is 2110 g/mol. The molecule has 0 aliphatic rings. The minimum absolute atomic E-state index is 0. The first-order chi connectivity index (χ1) is 36.8. The molecule has 0 spiro atoms. The van der Waals surface area contributed by atoms with Crippen LogP contribution in [-0.2, 0) is 11.8 Å². The summed E-state index contributed by atoms with van der Waals surface area (Å²) in [6.45, 7) is 3.37. The minimum atomic E-state index is -0.918. The zero-order chi connectivity index (χ0) is 65.7. The van der Waals surface area contributed by atoms with Crippen molar-refractivity contribution in [2.24, 2.45) is 7.05 Å². The van der Waals surface area contributed by atoms with Crippen LogP contribution in [0.25, 0.3) is 22.2 Å². The summed E-state index contributed by atoms with van der Waals surface area (Å²) in [5.41, 5.74) is 2.80. The number of fused-ring (bicyclic) bond motifs is 1. The number of nitrogens with zero attached hydrogens (tertiary/aromatic N) is 4. The molecule has 2 N–H and O–H groups in total. The summed E-state index contributed by atoms with van der Waals surface area (Å²) in [5.74, 6) is -0.958. The molecule has 1 amide bonds. The maximum atomic E-state index is 13.9. The molecule has 0 aliphatic heterocycles. The molecule has 0 fully saturated rings. The second-order valence-electron chi connectivity index (χ2n) is 7.53. The van der Waals surface area contributed by atoms with E-state index in [-0.39, 0.29) is 71.1 Å². The Morgan fingerprint density at radius 1 is 0.592 bits per heavy atom. The first-order valence-electron chi connectivity index (χ1n) is 31.2. The predicted octanol–water partition coefficient (Wildman–Crippen LogP) is -13.8. The van der Waals surface area contributed by atoms with Gasteiger partial charge in [0.25, 0.3) is 0 Å². The Kier molecular flexibility index (Phi) is 487. The second-order valence-corrected chi connectivity index (χ2v) is 7.53. The summed E-state index contributed by atoms with van der Waals surface area (Å²) in [6, 6.07) is 9.98. The Morgan fingerprint density at radius 3 is 1.24 bits per heavy atom. The first-order valence-corrected chi connectivity index (χ1v) is 367. The van der Waals surface area contributed by atoms with Crippen LogP contribution in [0.5, 0.6) is 0 Å². The molecule has 0 bridgehead atoms. The standard InChI is InChI=1S/C23H21FN6O3.43K.H/c1-4-21(31)26-18-11-25-23(27-17-10-20(30(32)33)16(24)9-13(17)2)28-22(18)15-12-29(3)19-8-6-5-7-14(15)19;;;;;;;;;;;;;;;;;;;;;;;;;;;;;;;;;;;;;;;;;;;;/h5-12H,4H2,1-3H3,(H,26,31)(H,25,27,28);;;;;;;;;;;;;;;;;;;;;;;;;;;;;;;;;;;;;;;;;;;;/q;;;;;;;;;;;;;;;;;;;;;;;;;;;;;;;;;;;;;;;;;;;+1;-1. The van der Waals surface area contributed by atoms with Crippen LogP contribution in [0.4, 0.5) is 27.4 Å². The number of halogens is 1. The first kappa shape index (κ1) is 187. The molecule has 0 aliphatic carbocycles. The number of nitrogens with one attached hydrogen (secondary N) is 2. The molecule has 0 unspecified atom stereocenters. The topological polar surface area (TPSA) is 115 Å². The third kappa shape index (κ3) is 146. The van der Waals surface area contributed by atoms with Crippen LogP contribution in [0, 0.1) is 22.9 Å². The molecule has 4 rings (SSSR count). The van der Waals surface area contributed by atoms with Crippen molar-refractivity contribution >= 4 is 1370 Å². The second kappa shape index (κ2) is 198. The van der Waals surface area contributed by atoms with Gasteiger partial charge in [-0.15, -0.1) is 0 Å². The van der Waals surface area contributed by atoms with Gasteiger partial charge in [0.15, 0.2) is 0 Å². The number of benzene rings is 2. The van der Waals surface area contributed by atoms with Crippen LogP contribution in [0.3, 0.4) is 0 Å². The van der Waals surface area contributed by atoms with Gasteiger partial charge in [0.05, 0.1) is 22.5 Å². The molecule has 2 heterocycles. The average molecular weight is 2130 g/mol. The van der Waals surface area contributed by atoms with Crippen LogP contribution >= 0.6 is 0 Å². The summed E-state index contributed by atoms with van der Waals surface area (Å²) in [4.78, 5) is 31.3. The zero-order valence-electron chi connectivity index (χ0n) is 62.2. The number of aryl methyl sites for hydroxylation is 2. The fourth-order valence-corrected chi connectivity index (χ4v) is 3.56. The fraction of sp³-hybridized carbons (Fsp3) is 0.174. The van der Waals surface area contributed by atoms with Gasteiger partial charge in [0.2, 0.25) is 17.7 Å². The molecule has 0 saturated heterocycles. The van der Waals surface area contributed by atoms with Crippen LogP contribution in [0.2, 0.25) is 0 Å². The molecule has 4 aromatic rings. The summed E-state index contributed by atoms with van der Waals surface area (Å²) in [7, 11) is 1.91. The van der Waals surface area contributed by atoms with Gasteiger partial charge >= 0.3 is 1380 Å². The van der Waals surface area contributed by atoms with Gasteiger partial charge in [-0.1, -0.05) is 25.1 Å². The van der Waals surface area contributed by atoms with Crippen molar-refractivity contribution in [1.82, 2.24) is 14.5 Å². The molecule has 76 heavy (non-hydrogen) atoms. The number of nitro groups is 1. The van der Waals surface area contributed by atoms with E-state index in [2.05, 4.69) is 20.6 Å². The van der Waals surface area contributed by atoms with Crippen molar-refractivity contribution < 1.29 is 66.9 Å². The SMILES string of the molecule is CCC(=O)Nc1cnc(Nc2cc([N+](=O)[O-])c(F)cc2C)nc1-c1cn(C)c2ccccc12.[H-].[K+].[K][K].[K][K].[K][K].[K][K].[K][K].[K][K].[K][K].[K][K].[K][K].[K][K].[K][K].[K][K].[K][K].[K][K].[K][K].[K][K].[K][K].[K][K].[K][K].[K][K].[K][K]. The summed E-state index contributed by atoms with van der Waals surface area (Å²) in [6.07, 6.45) is 3.67. The van der Waals surface area contributed by atoms with Crippen molar-refractivity contribution in [1.29, 1.82) is 0 Å². The molecule has 9 nitrogen and oxygen atoms in total. The number of para-hydroxylation sites is 1. The number of carbonyl (C=O) groups is 1. The Labute approximate surface area is 1460 Å². The Bertz CT molecular complexity index is 1480. The van der Waals surface area contributed by atoms with E-state index in [1.807, 2.05) is 42.1 Å². The number of aromatic nitrogens is 3. The Balaban J connectivity index is -0.0000000348. The number of hydrogen-bond donors (Lipinski definition) is 2. The van der Waals surface area contributed by atoms with Crippen LogP contribution < -0.4 is 62.0 Å². The van der Waals surface area contributed by atoms with E-state index in [1.54, 1.807) is 13.8 Å². The van der Waals surface area contributed by atoms with E-state index in [0.29, 0.717) is 22.6 Å². The monoisotopic (exact) mass is 2120 g/mol. The number of hydrogen-bond acceptors (Lipinski definition) is 6. The third-order valence-corrected chi connectivity index (χ3v) is 5.27. The maximum absolute atomic E-state index is 13.9. The predicted molar refractivity (Wildman–Crippen MR) is 367 cm³/mol. The zero-order valence-corrected chi connectivity index (χ0v) is 196. The van der Waals surface area contributed by atoms with E-state index in [1.165, 1.54) is 1330 Å². The van der Waals surface area contributed by atoms with Crippen molar-refractivity contribution in [3.63, 3.8) is 0 Å². The van der Waals surface area contributed by atoms with Gasteiger partial charge in [0.1, 0.15) is 5.69 Å². The molecule has 0 saturated carbocycles. The van der Waals surface area contributed by atoms with Gasteiger partial charge in [-0.3, -0.25) is 14.9 Å². The van der Waals surface area contributed by atoms with Crippen molar-refractivity contribution in [3.05, 3.63) is 70.3 Å². The van der Waals surface area contributed by atoms with Gasteiger partial charge in [-0.2, -0.15) is 4.39 Å². The van der Waals surface area contributed by atoms with Crippen molar-refractivity contribution in [2.75, 3.05) is 10.6 Å². The summed E-state index contributed by atoms with van der Waals surface area (Å²) in [5, 5.41) is 17.8. The number of anilines is 3. The summed E-state index contributed by atoms with van der Waals surface area (Å²) >= 11 is 52.5. The Hall–Kier alpha value is 66.0. The van der Waals surface area contributed by atoms with E-state index in [0.717, 1.165) is 28.6 Å². The normalized spacial score (nSPS) is 6.95. The summed E-state index contributed by atoms with van der Waals surface area (Å²) < 4.78 is 15.9. The number of rotatable bonds is 6. The third-order valence-electron chi connectivity index (χ3n) is 5.27. The van der Waals surface area contributed by atoms with E-state index < -0.39 is 16.4 Å².